The summed E-state index contributed by atoms with van der Waals surface area (Å²) in [5.41, 5.74) is 9.35. The van der Waals surface area contributed by atoms with Crippen LogP contribution in [0, 0.1) is 0 Å². The van der Waals surface area contributed by atoms with Crippen molar-refractivity contribution in [1.29, 1.82) is 0 Å². The standard InChI is InChI=1S/C48H43NO6/c1-36(50)53-33-9-10-34-54-48(51)55-46-31-23-41(24-32-46)47(40-21-29-45(52-2)30-22-40)35-39-19-27-44(28-20-39)49(42-13-7-4-8-14-42)43-25-17-38(18-26-43)16-15-37-11-5-3-6-12-37/h3-8,11-32,35H,9-10,33-34H2,1-2H3. The van der Waals surface area contributed by atoms with Gasteiger partial charge in [-0.3, -0.25) is 4.79 Å². The lowest BCUT2D eigenvalue weighted by atomic mass is 9.95. The lowest BCUT2D eigenvalue weighted by Crippen LogP contribution is -2.12. The van der Waals surface area contributed by atoms with Gasteiger partial charge in [-0.15, -0.1) is 0 Å². The third-order valence-corrected chi connectivity index (χ3v) is 8.73. The van der Waals surface area contributed by atoms with E-state index in [-0.39, 0.29) is 19.2 Å². The Morgan fingerprint density at radius 1 is 0.527 bits per heavy atom. The van der Waals surface area contributed by atoms with Gasteiger partial charge in [-0.25, -0.2) is 4.79 Å². The molecule has 0 aromatic heterocycles. The number of rotatable bonds is 15. The number of unbranched alkanes of at least 4 members (excludes halogenated alkanes) is 1. The highest BCUT2D eigenvalue weighted by Crippen LogP contribution is 2.36. The number of hydrogen-bond acceptors (Lipinski definition) is 7. The Morgan fingerprint density at radius 3 is 1.55 bits per heavy atom. The van der Waals surface area contributed by atoms with Gasteiger partial charge in [0.05, 0.1) is 20.3 Å². The zero-order chi connectivity index (χ0) is 38.2. The number of anilines is 3. The molecular formula is C48H43NO6. The number of esters is 1. The molecule has 0 heterocycles. The number of hydrogen-bond donors (Lipinski definition) is 0. The van der Waals surface area contributed by atoms with Gasteiger partial charge in [-0.2, -0.15) is 0 Å². The first-order chi connectivity index (χ1) is 26.9. The van der Waals surface area contributed by atoms with Crippen LogP contribution in [0.4, 0.5) is 21.9 Å². The molecule has 0 spiro atoms. The van der Waals surface area contributed by atoms with Crippen LogP contribution in [-0.2, 0) is 14.3 Å². The molecule has 6 aromatic rings. The van der Waals surface area contributed by atoms with E-state index in [0.717, 1.165) is 56.2 Å². The maximum atomic E-state index is 12.3. The summed E-state index contributed by atoms with van der Waals surface area (Å²) in [6.07, 6.45) is 6.76. The molecule has 0 amide bonds. The highest BCUT2D eigenvalue weighted by atomic mass is 16.7. The van der Waals surface area contributed by atoms with Crippen LogP contribution < -0.4 is 14.4 Å². The van der Waals surface area contributed by atoms with Crippen LogP contribution in [0.5, 0.6) is 11.5 Å². The van der Waals surface area contributed by atoms with Gasteiger partial charge >= 0.3 is 12.1 Å². The summed E-state index contributed by atoms with van der Waals surface area (Å²) in [4.78, 5) is 25.4. The molecule has 0 atom stereocenters. The van der Waals surface area contributed by atoms with Crippen LogP contribution >= 0.6 is 0 Å². The van der Waals surface area contributed by atoms with Crippen LogP contribution in [-0.4, -0.2) is 32.4 Å². The van der Waals surface area contributed by atoms with Crippen molar-refractivity contribution in [2.45, 2.75) is 19.8 Å². The molecule has 0 fully saturated rings. The predicted molar refractivity (Wildman–Crippen MR) is 221 cm³/mol. The molecule has 55 heavy (non-hydrogen) atoms. The Balaban J connectivity index is 1.21. The predicted octanol–water partition coefficient (Wildman–Crippen LogP) is 11.8. The van der Waals surface area contributed by atoms with E-state index in [1.165, 1.54) is 6.92 Å². The van der Waals surface area contributed by atoms with Crippen LogP contribution in [0.1, 0.15) is 47.6 Å². The minimum atomic E-state index is -0.786. The van der Waals surface area contributed by atoms with Gasteiger partial charge in [0.1, 0.15) is 11.5 Å². The molecule has 0 saturated carbocycles. The topological polar surface area (TPSA) is 74.3 Å². The maximum absolute atomic E-state index is 12.3. The van der Waals surface area contributed by atoms with Crippen molar-refractivity contribution in [1.82, 2.24) is 0 Å². The van der Waals surface area contributed by atoms with Gasteiger partial charge in [0.2, 0.25) is 0 Å². The fourth-order valence-corrected chi connectivity index (χ4v) is 5.91. The average Bonchev–Trinajstić information content (AvgIpc) is 3.22. The van der Waals surface area contributed by atoms with Gasteiger partial charge < -0.3 is 23.8 Å². The summed E-state index contributed by atoms with van der Waals surface area (Å²) in [7, 11) is 1.65. The first-order valence-electron chi connectivity index (χ1n) is 18.2. The van der Waals surface area contributed by atoms with E-state index >= 15 is 0 Å². The highest BCUT2D eigenvalue weighted by molar-refractivity contribution is 5.92. The van der Waals surface area contributed by atoms with E-state index in [4.69, 9.17) is 18.9 Å². The molecule has 0 radical (unpaired) electrons. The van der Waals surface area contributed by atoms with Crippen LogP contribution in [0.2, 0.25) is 0 Å². The molecule has 7 heteroatoms. The molecule has 7 nitrogen and oxygen atoms in total. The molecule has 0 bridgehead atoms. The molecule has 0 saturated heterocycles. The summed E-state index contributed by atoms with van der Waals surface area (Å²) in [5.74, 6) is 0.804. The van der Waals surface area contributed by atoms with Gasteiger partial charge in [-0.05, 0) is 113 Å². The lowest BCUT2D eigenvalue weighted by molar-refractivity contribution is -0.141. The summed E-state index contributed by atoms with van der Waals surface area (Å²) >= 11 is 0. The Kier molecular flexibility index (Phi) is 13.3. The largest absolute Gasteiger partial charge is 0.513 e. The second-order valence-electron chi connectivity index (χ2n) is 12.7. The molecule has 0 aliphatic heterocycles. The SMILES string of the molecule is COc1ccc(C(=Cc2ccc(N(c3ccccc3)c3ccc(C=Cc4ccccc4)cc3)cc2)c2ccc(OC(=O)OCCCCOC(C)=O)cc2)cc1. The number of nitrogens with zero attached hydrogens (tertiary/aromatic N) is 1. The molecule has 0 unspecified atom stereocenters. The fraction of sp³-hybridized carbons (Fsp3) is 0.125. The minimum absolute atomic E-state index is 0.170. The van der Waals surface area contributed by atoms with Crippen molar-refractivity contribution < 1.29 is 28.5 Å². The van der Waals surface area contributed by atoms with Crippen molar-refractivity contribution in [3.63, 3.8) is 0 Å². The Bertz CT molecular complexity index is 2180. The monoisotopic (exact) mass is 729 g/mol. The Morgan fingerprint density at radius 2 is 1.00 bits per heavy atom. The van der Waals surface area contributed by atoms with Crippen molar-refractivity contribution in [3.8, 4) is 11.5 Å². The van der Waals surface area contributed by atoms with Crippen LogP contribution in [0.3, 0.4) is 0 Å². The third-order valence-electron chi connectivity index (χ3n) is 8.73. The van der Waals surface area contributed by atoms with E-state index in [0.29, 0.717) is 18.6 Å². The normalized spacial score (nSPS) is 11.2. The minimum Gasteiger partial charge on any atom is -0.497 e. The molecule has 6 aromatic carbocycles. The van der Waals surface area contributed by atoms with E-state index in [1.807, 2.05) is 72.8 Å². The smallest absolute Gasteiger partial charge is 0.497 e. The van der Waals surface area contributed by atoms with Crippen molar-refractivity contribution in [3.05, 3.63) is 186 Å². The lowest BCUT2D eigenvalue weighted by Gasteiger charge is -2.25. The maximum Gasteiger partial charge on any atom is 0.513 e. The van der Waals surface area contributed by atoms with E-state index in [1.54, 1.807) is 19.2 Å². The summed E-state index contributed by atoms with van der Waals surface area (Å²) < 4.78 is 20.9. The van der Waals surface area contributed by atoms with E-state index in [9.17, 15) is 9.59 Å². The number of carbonyl (C=O) groups excluding carboxylic acids is 2. The zero-order valence-corrected chi connectivity index (χ0v) is 31.0. The van der Waals surface area contributed by atoms with Crippen molar-refractivity contribution >= 4 is 53.0 Å². The van der Waals surface area contributed by atoms with E-state index in [2.05, 4.69) is 95.9 Å². The number of ether oxygens (including phenoxy) is 4. The summed E-state index contributed by atoms with van der Waals surface area (Å²) in [6, 6.07) is 53.0. The first kappa shape index (κ1) is 37.9. The number of para-hydroxylation sites is 1. The molecule has 0 aliphatic carbocycles. The van der Waals surface area contributed by atoms with E-state index < -0.39 is 6.16 Å². The molecule has 0 aliphatic rings. The van der Waals surface area contributed by atoms with Crippen molar-refractivity contribution in [2.24, 2.45) is 0 Å². The number of methoxy groups -OCH3 is 1. The summed E-state index contributed by atoms with van der Waals surface area (Å²) in [5, 5.41) is 0. The Hall–Kier alpha value is -6.86. The molecule has 0 N–H and O–H groups in total. The molecule has 276 valence electrons. The van der Waals surface area contributed by atoms with Gasteiger partial charge in [0.25, 0.3) is 0 Å². The first-order valence-corrected chi connectivity index (χ1v) is 18.2. The van der Waals surface area contributed by atoms with Gasteiger partial charge in [-0.1, -0.05) is 109 Å². The Labute approximate surface area is 322 Å². The summed E-state index contributed by atoms with van der Waals surface area (Å²) in [6.45, 7) is 1.82. The second-order valence-corrected chi connectivity index (χ2v) is 12.7. The van der Waals surface area contributed by atoms with Crippen molar-refractivity contribution in [2.75, 3.05) is 25.2 Å². The van der Waals surface area contributed by atoms with Crippen LogP contribution in [0.15, 0.2) is 158 Å². The van der Waals surface area contributed by atoms with Crippen LogP contribution in [0.25, 0.3) is 23.8 Å². The number of carbonyl (C=O) groups is 2. The fourth-order valence-electron chi connectivity index (χ4n) is 5.91. The average molecular weight is 730 g/mol. The zero-order valence-electron chi connectivity index (χ0n) is 31.0. The third kappa shape index (κ3) is 11.1. The second kappa shape index (κ2) is 19.3. The molecular weight excluding hydrogens is 687 g/mol. The van der Waals surface area contributed by atoms with Gasteiger partial charge in [0.15, 0.2) is 0 Å². The van der Waals surface area contributed by atoms with Gasteiger partial charge in [0, 0.05) is 24.0 Å². The quantitative estimate of drug-likeness (QED) is 0.0451. The molecule has 6 rings (SSSR count). The highest BCUT2D eigenvalue weighted by Gasteiger charge is 2.14. The number of benzene rings is 6.